The van der Waals surface area contributed by atoms with Gasteiger partial charge < -0.3 is 0 Å². The minimum absolute atomic E-state index is 0.0116. The molecule has 0 saturated carbocycles. The second kappa shape index (κ2) is 5.44. The van der Waals surface area contributed by atoms with E-state index in [9.17, 15) is 13.2 Å². The van der Waals surface area contributed by atoms with Gasteiger partial charge in [0.25, 0.3) is 0 Å². The molecule has 0 N–H and O–H groups in total. The third kappa shape index (κ3) is 2.52. The fourth-order valence-electron chi connectivity index (χ4n) is 2.25. The fourth-order valence-corrected chi connectivity index (χ4v) is 3.16. The van der Waals surface area contributed by atoms with Crippen LogP contribution in [-0.4, -0.2) is 28.6 Å². The summed E-state index contributed by atoms with van der Waals surface area (Å²) in [6, 6.07) is 7.47. The van der Waals surface area contributed by atoms with Gasteiger partial charge in [-0.25, -0.2) is 13.2 Å². The van der Waals surface area contributed by atoms with Crippen molar-refractivity contribution in [3.63, 3.8) is 0 Å². The summed E-state index contributed by atoms with van der Waals surface area (Å²) in [5.74, 6) is -0.0116. The first-order valence-corrected chi connectivity index (χ1v) is 8.49. The highest BCUT2D eigenvalue weighted by Crippen LogP contribution is 2.13. The van der Waals surface area contributed by atoms with Crippen LogP contribution < -0.4 is 5.69 Å². The molecule has 0 aliphatic carbocycles. The molecular weight excluding hydrogens is 276 g/mol. The number of nitrogens with zero attached hydrogens (tertiary/aromatic N) is 2. The first-order valence-electron chi connectivity index (χ1n) is 6.78. The zero-order valence-corrected chi connectivity index (χ0v) is 12.9. The summed E-state index contributed by atoms with van der Waals surface area (Å²) in [4.78, 5) is 12.3. The molecule has 2 rings (SSSR count). The van der Waals surface area contributed by atoms with Crippen molar-refractivity contribution >= 4 is 20.9 Å². The first kappa shape index (κ1) is 14.8. The Balaban J connectivity index is 2.46. The standard InChI is InChI=1S/C14H20N2O3S/c1-4-15-12-7-5-6-8-13(12)16(14(15)17)9-10-20(18,19)11(2)3/h5-8,11H,4,9-10H2,1-3H3. The highest BCUT2D eigenvalue weighted by molar-refractivity contribution is 7.91. The Morgan fingerprint density at radius 2 is 1.65 bits per heavy atom. The molecule has 1 aromatic heterocycles. The van der Waals surface area contributed by atoms with Gasteiger partial charge in [0.05, 0.1) is 22.0 Å². The Morgan fingerprint density at radius 3 is 2.15 bits per heavy atom. The van der Waals surface area contributed by atoms with E-state index in [1.807, 2.05) is 31.2 Å². The number of rotatable bonds is 5. The van der Waals surface area contributed by atoms with Crippen LogP contribution in [0.25, 0.3) is 11.0 Å². The summed E-state index contributed by atoms with van der Waals surface area (Å²) < 4.78 is 27.0. The molecule has 0 spiro atoms. The SMILES string of the molecule is CCn1c(=O)n(CCS(=O)(=O)C(C)C)c2ccccc21. The highest BCUT2D eigenvalue weighted by atomic mass is 32.2. The van der Waals surface area contributed by atoms with Gasteiger partial charge in [-0.3, -0.25) is 9.13 Å². The molecule has 1 aromatic carbocycles. The molecule has 2 aromatic rings. The number of hydrogen-bond acceptors (Lipinski definition) is 3. The second-order valence-electron chi connectivity index (χ2n) is 5.08. The highest BCUT2D eigenvalue weighted by Gasteiger charge is 2.18. The quantitative estimate of drug-likeness (QED) is 0.843. The molecule has 6 heteroatoms. The Kier molecular flexibility index (Phi) is 4.04. The average molecular weight is 296 g/mol. The van der Waals surface area contributed by atoms with Gasteiger partial charge in [0, 0.05) is 13.1 Å². The van der Waals surface area contributed by atoms with E-state index in [-0.39, 0.29) is 18.0 Å². The maximum absolute atomic E-state index is 12.3. The lowest BCUT2D eigenvalue weighted by atomic mass is 10.3. The molecule has 1 heterocycles. The van der Waals surface area contributed by atoms with E-state index in [1.165, 1.54) is 0 Å². The summed E-state index contributed by atoms with van der Waals surface area (Å²) in [7, 11) is -3.15. The zero-order valence-electron chi connectivity index (χ0n) is 12.0. The van der Waals surface area contributed by atoms with Crippen molar-refractivity contribution in [1.82, 2.24) is 9.13 Å². The molecule has 0 radical (unpaired) electrons. The predicted molar refractivity (Wildman–Crippen MR) is 80.8 cm³/mol. The third-order valence-electron chi connectivity index (χ3n) is 3.56. The van der Waals surface area contributed by atoms with Gasteiger partial charge in [-0.2, -0.15) is 0 Å². The Labute approximate surface area is 118 Å². The number of benzene rings is 1. The van der Waals surface area contributed by atoms with Gasteiger partial charge in [0.2, 0.25) is 0 Å². The van der Waals surface area contributed by atoms with Gasteiger partial charge in [0.1, 0.15) is 0 Å². The summed E-state index contributed by atoms with van der Waals surface area (Å²) in [5, 5.41) is -0.419. The minimum Gasteiger partial charge on any atom is -0.292 e. The van der Waals surface area contributed by atoms with E-state index >= 15 is 0 Å². The van der Waals surface area contributed by atoms with Crippen LogP contribution in [-0.2, 0) is 22.9 Å². The maximum Gasteiger partial charge on any atom is 0.329 e. The molecule has 5 nitrogen and oxygen atoms in total. The Bertz CT molecular complexity index is 769. The maximum atomic E-state index is 12.3. The fraction of sp³-hybridized carbons (Fsp3) is 0.500. The van der Waals surface area contributed by atoms with Crippen molar-refractivity contribution in [1.29, 1.82) is 0 Å². The second-order valence-corrected chi connectivity index (χ2v) is 7.76. The number of aromatic nitrogens is 2. The number of sulfone groups is 1. The van der Waals surface area contributed by atoms with E-state index in [0.29, 0.717) is 6.54 Å². The third-order valence-corrected chi connectivity index (χ3v) is 5.75. The van der Waals surface area contributed by atoms with E-state index in [2.05, 4.69) is 0 Å². The normalized spacial score (nSPS) is 12.4. The van der Waals surface area contributed by atoms with Crippen LogP contribution in [0, 0.1) is 0 Å². The number of para-hydroxylation sites is 2. The largest absolute Gasteiger partial charge is 0.329 e. The molecule has 0 bridgehead atoms. The zero-order chi connectivity index (χ0) is 14.9. The summed E-state index contributed by atoms with van der Waals surface area (Å²) in [6.07, 6.45) is 0. The van der Waals surface area contributed by atoms with Crippen molar-refractivity contribution in [3.8, 4) is 0 Å². The molecule has 0 unspecified atom stereocenters. The molecule has 0 saturated heterocycles. The van der Waals surface area contributed by atoms with E-state index in [1.54, 1.807) is 23.0 Å². The van der Waals surface area contributed by atoms with Crippen molar-refractivity contribution in [2.24, 2.45) is 0 Å². The monoisotopic (exact) mass is 296 g/mol. The van der Waals surface area contributed by atoms with Crippen LogP contribution in [0.15, 0.2) is 29.1 Å². The number of fused-ring (bicyclic) bond motifs is 1. The van der Waals surface area contributed by atoms with Crippen LogP contribution in [0.3, 0.4) is 0 Å². The molecule has 110 valence electrons. The van der Waals surface area contributed by atoms with Crippen LogP contribution in [0.1, 0.15) is 20.8 Å². The predicted octanol–water partition coefficient (Wildman–Crippen LogP) is 1.65. The lowest BCUT2D eigenvalue weighted by Gasteiger charge is -2.08. The number of imidazole rings is 1. The number of hydrogen-bond donors (Lipinski definition) is 0. The van der Waals surface area contributed by atoms with Crippen molar-refractivity contribution in [2.75, 3.05) is 5.75 Å². The lowest BCUT2D eigenvalue weighted by Crippen LogP contribution is -2.28. The first-order chi connectivity index (χ1) is 9.38. The Morgan fingerprint density at radius 1 is 1.10 bits per heavy atom. The van der Waals surface area contributed by atoms with Crippen LogP contribution >= 0.6 is 0 Å². The van der Waals surface area contributed by atoms with Crippen molar-refractivity contribution in [3.05, 3.63) is 34.7 Å². The molecule has 0 aliphatic rings. The molecule has 0 atom stereocenters. The molecule has 0 aliphatic heterocycles. The van der Waals surface area contributed by atoms with Crippen LogP contribution in [0.5, 0.6) is 0 Å². The Hall–Kier alpha value is -1.56. The molecule has 0 fully saturated rings. The molecule has 20 heavy (non-hydrogen) atoms. The van der Waals surface area contributed by atoms with Gasteiger partial charge >= 0.3 is 5.69 Å². The molecule has 0 amide bonds. The summed E-state index contributed by atoms with van der Waals surface area (Å²) >= 11 is 0. The van der Waals surface area contributed by atoms with Gasteiger partial charge in [-0.1, -0.05) is 12.1 Å². The van der Waals surface area contributed by atoms with Gasteiger partial charge in [-0.15, -0.1) is 0 Å². The van der Waals surface area contributed by atoms with Crippen molar-refractivity contribution < 1.29 is 8.42 Å². The average Bonchev–Trinajstić information content (AvgIpc) is 2.67. The van der Waals surface area contributed by atoms with E-state index in [0.717, 1.165) is 11.0 Å². The number of aryl methyl sites for hydroxylation is 2. The van der Waals surface area contributed by atoms with Crippen LogP contribution in [0.2, 0.25) is 0 Å². The van der Waals surface area contributed by atoms with E-state index in [4.69, 9.17) is 0 Å². The summed E-state index contributed by atoms with van der Waals surface area (Å²) in [5.41, 5.74) is 1.49. The van der Waals surface area contributed by atoms with Crippen molar-refractivity contribution in [2.45, 2.75) is 39.1 Å². The van der Waals surface area contributed by atoms with E-state index < -0.39 is 15.1 Å². The topological polar surface area (TPSA) is 61.1 Å². The van der Waals surface area contributed by atoms with Gasteiger partial charge in [-0.05, 0) is 32.9 Å². The minimum atomic E-state index is -3.15. The molecular formula is C14H20N2O3S. The van der Waals surface area contributed by atoms with Crippen LogP contribution in [0.4, 0.5) is 0 Å². The lowest BCUT2D eigenvalue weighted by molar-refractivity contribution is 0.578. The van der Waals surface area contributed by atoms with Gasteiger partial charge in [0.15, 0.2) is 9.84 Å². The summed E-state index contributed by atoms with van der Waals surface area (Å²) in [6.45, 7) is 6.00. The smallest absolute Gasteiger partial charge is 0.292 e.